The number of oxazole rings is 1. The molecule has 9 heteroatoms. The maximum absolute atomic E-state index is 12.2. The molecule has 0 aliphatic heterocycles. The highest BCUT2D eigenvalue weighted by atomic mass is 19.3. The van der Waals surface area contributed by atoms with Gasteiger partial charge < -0.3 is 19.2 Å². The van der Waals surface area contributed by atoms with Gasteiger partial charge in [-0.05, 0) is 38.1 Å². The first kappa shape index (κ1) is 19.5. The molecule has 7 nitrogen and oxygen atoms in total. The minimum absolute atomic E-state index is 0.0303. The second-order valence-corrected chi connectivity index (χ2v) is 5.98. The first-order valence-electron chi connectivity index (χ1n) is 8.67. The maximum Gasteiger partial charge on any atom is 0.315 e. The van der Waals surface area contributed by atoms with E-state index in [4.69, 9.17) is 13.9 Å². The third-order valence-corrected chi connectivity index (χ3v) is 3.71. The van der Waals surface area contributed by atoms with Gasteiger partial charge in [0.25, 0.3) is 5.91 Å². The number of nitrogens with zero attached hydrogens (tertiary/aromatic N) is 2. The van der Waals surface area contributed by atoms with Gasteiger partial charge in [0.2, 0.25) is 5.89 Å². The summed E-state index contributed by atoms with van der Waals surface area (Å²) in [6, 6.07) is 8.15. The molecule has 0 spiro atoms. The van der Waals surface area contributed by atoms with Gasteiger partial charge in [-0.3, -0.25) is 4.79 Å². The molecular weight excluding hydrogens is 372 g/mol. The van der Waals surface area contributed by atoms with Crippen LogP contribution in [0, 0.1) is 0 Å². The predicted octanol–water partition coefficient (Wildman–Crippen LogP) is 3.44. The molecular formula is C19H19F2N3O4. The molecule has 1 N–H and O–H groups in total. The summed E-state index contributed by atoms with van der Waals surface area (Å²) in [6.45, 7) is 4.05. The van der Waals surface area contributed by atoms with Gasteiger partial charge in [-0.1, -0.05) is 0 Å². The first-order chi connectivity index (χ1) is 13.5. The van der Waals surface area contributed by atoms with E-state index < -0.39 is 18.4 Å². The smallest absolute Gasteiger partial charge is 0.315 e. The number of aromatic nitrogens is 2. The molecule has 2 heterocycles. The van der Waals surface area contributed by atoms with Crippen LogP contribution >= 0.6 is 0 Å². The van der Waals surface area contributed by atoms with Crippen LogP contribution in [0.3, 0.4) is 0 Å². The van der Waals surface area contributed by atoms with Gasteiger partial charge in [-0.25, -0.2) is 9.97 Å². The quantitative estimate of drug-likeness (QED) is 0.633. The lowest BCUT2D eigenvalue weighted by atomic mass is 10.3. The molecule has 0 saturated carbocycles. The molecule has 1 aromatic carbocycles. The van der Waals surface area contributed by atoms with E-state index in [1.165, 1.54) is 6.20 Å². The maximum atomic E-state index is 12.2. The van der Waals surface area contributed by atoms with Crippen molar-refractivity contribution >= 4 is 17.0 Å². The fourth-order valence-electron chi connectivity index (χ4n) is 2.43. The van der Waals surface area contributed by atoms with Crippen molar-refractivity contribution in [2.45, 2.75) is 26.3 Å². The van der Waals surface area contributed by atoms with Crippen molar-refractivity contribution in [2.75, 3.05) is 13.2 Å². The molecule has 1 amide bonds. The molecule has 3 aromatic rings. The molecule has 148 valence electrons. The van der Waals surface area contributed by atoms with Crippen molar-refractivity contribution in [3.63, 3.8) is 0 Å². The number of hydrogen-bond acceptors (Lipinski definition) is 6. The summed E-state index contributed by atoms with van der Waals surface area (Å²) in [4.78, 5) is 19.6. The number of carbonyl (C=O) groups is 1. The third kappa shape index (κ3) is 4.73. The highest BCUT2D eigenvalue weighted by Gasteiger charge is 2.17. The monoisotopic (exact) mass is 391 g/mol. The Balaban J connectivity index is 1.64. The zero-order chi connectivity index (χ0) is 20.1. The Kier molecular flexibility index (Phi) is 6.03. The summed E-state index contributed by atoms with van der Waals surface area (Å²) >= 11 is 0. The van der Waals surface area contributed by atoms with Crippen molar-refractivity contribution in [1.29, 1.82) is 0 Å². The van der Waals surface area contributed by atoms with Gasteiger partial charge >= 0.3 is 6.43 Å². The van der Waals surface area contributed by atoms with Crippen LogP contribution in [0.2, 0.25) is 0 Å². The zero-order valence-electron chi connectivity index (χ0n) is 15.3. The molecule has 2 aromatic heterocycles. The lowest BCUT2D eigenvalue weighted by molar-refractivity contribution is -0.132. The fraction of sp³-hybridized carbons (Fsp3) is 0.316. The summed E-state index contributed by atoms with van der Waals surface area (Å²) in [5.74, 6) is 0.153. The number of amides is 1. The van der Waals surface area contributed by atoms with Gasteiger partial charge in [-0.15, -0.1) is 0 Å². The highest BCUT2D eigenvalue weighted by Crippen LogP contribution is 2.26. The van der Waals surface area contributed by atoms with Crippen molar-refractivity contribution in [3.05, 3.63) is 36.5 Å². The van der Waals surface area contributed by atoms with E-state index in [2.05, 4.69) is 15.3 Å². The lowest BCUT2D eigenvalue weighted by Gasteiger charge is -2.14. The molecule has 0 saturated heterocycles. The summed E-state index contributed by atoms with van der Waals surface area (Å²) in [7, 11) is 0. The van der Waals surface area contributed by atoms with Crippen molar-refractivity contribution in [2.24, 2.45) is 0 Å². The molecule has 0 radical (unpaired) electrons. The van der Waals surface area contributed by atoms with Crippen molar-refractivity contribution in [3.8, 4) is 23.1 Å². The standard InChI is InChI=1S/C19H19F2N3O4/c1-3-26-12-4-6-14-16(8-12)28-19(24-14)15-7-5-13(9-22-15)27-10-11(2)23-18(25)17(20)21/h4-9,11,17H,3,10H2,1-2H3,(H,23,25)/t11-/m0/s1. The SMILES string of the molecule is CCOc1ccc2nc(-c3ccc(OC[C@H](C)NC(=O)C(F)F)cn3)oc2c1. The number of halogens is 2. The number of nitrogens with one attached hydrogen (secondary N) is 1. The Hall–Kier alpha value is -3.23. The van der Waals surface area contributed by atoms with E-state index in [0.29, 0.717) is 40.8 Å². The second-order valence-electron chi connectivity index (χ2n) is 5.98. The van der Waals surface area contributed by atoms with Crippen molar-refractivity contribution in [1.82, 2.24) is 15.3 Å². The van der Waals surface area contributed by atoms with Crippen LogP contribution in [0.4, 0.5) is 8.78 Å². The molecule has 0 fully saturated rings. The predicted molar refractivity (Wildman–Crippen MR) is 97.5 cm³/mol. The van der Waals surface area contributed by atoms with Crippen LogP contribution in [0.15, 0.2) is 40.9 Å². The molecule has 28 heavy (non-hydrogen) atoms. The number of ether oxygens (including phenoxy) is 2. The average Bonchev–Trinajstić information content (AvgIpc) is 3.10. The van der Waals surface area contributed by atoms with Gasteiger partial charge in [0.1, 0.15) is 29.3 Å². The Morgan fingerprint density at radius 1 is 1.21 bits per heavy atom. The van der Waals surface area contributed by atoms with E-state index in [-0.39, 0.29) is 6.61 Å². The zero-order valence-corrected chi connectivity index (χ0v) is 15.3. The van der Waals surface area contributed by atoms with Gasteiger partial charge in [0, 0.05) is 6.07 Å². The number of fused-ring (bicyclic) bond motifs is 1. The lowest BCUT2D eigenvalue weighted by Crippen LogP contribution is -2.40. The van der Waals surface area contributed by atoms with E-state index in [1.54, 1.807) is 31.2 Å². The number of rotatable bonds is 8. The molecule has 0 aliphatic carbocycles. The number of benzene rings is 1. The van der Waals surface area contributed by atoms with E-state index in [0.717, 1.165) is 0 Å². The van der Waals surface area contributed by atoms with Crippen LogP contribution in [0.1, 0.15) is 13.8 Å². The van der Waals surface area contributed by atoms with E-state index in [1.807, 2.05) is 13.0 Å². The third-order valence-electron chi connectivity index (χ3n) is 3.71. The normalized spacial score (nSPS) is 12.2. The van der Waals surface area contributed by atoms with Crippen LogP contribution in [0.5, 0.6) is 11.5 Å². The number of hydrogen-bond donors (Lipinski definition) is 1. The van der Waals surface area contributed by atoms with Crippen LogP contribution in [-0.4, -0.2) is 41.6 Å². The highest BCUT2D eigenvalue weighted by molar-refractivity contribution is 5.79. The first-order valence-corrected chi connectivity index (χ1v) is 8.67. The minimum atomic E-state index is -3.05. The van der Waals surface area contributed by atoms with Crippen LogP contribution in [0.25, 0.3) is 22.7 Å². The Bertz CT molecular complexity index is 944. The molecule has 0 aliphatic rings. The molecule has 0 bridgehead atoms. The number of alkyl halides is 2. The molecule has 0 unspecified atom stereocenters. The average molecular weight is 391 g/mol. The van der Waals surface area contributed by atoms with E-state index >= 15 is 0 Å². The molecule has 1 atom stereocenters. The largest absolute Gasteiger partial charge is 0.494 e. The fourth-order valence-corrected chi connectivity index (χ4v) is 2.43. The number of pyridine rings is 1. The van der Waals surface area contributed by atoms with Gasteiger partial charge in [0.15, 0.2) is 5.58 Å². The summed E-state index contributed by atoms with van der Waals surface area (Å²) in [6.07, 6.45) is -1.58. The summed E-state index contributed by atoms with van der Waals surface area (Å²) in [5, 5.41) is 2.15. The topological polar surface area (TPSA) is 86.5 Å². The minimum Gasteiger partial charge on any atom is -0.494 e. The molecule has 3 rings (SSSR count). The summed E-state index contributed by atoms with van der Waals surface area (Å²) in [5.41, 5.74) is 1.79. The van der Waals surface area contributed by atoms with E-state index in [9.17, 15) is 13.6 Å². The summed E-state index contributed by atoms with van der Waals surface area (Å²) < 4.78 is 41.0. The van der Waals surface area contributed by atoms with Gasteiger partial charge in [0.05, 0.1) is 18.8 Å². The van der Waals surface area contributed by atoms with Gasteiger partial charge in [-0.2, -0.15) is 8.78 Å². The van der Waals surface area contributed by atoms with Crippen LogP contribution in [-0.2, 0) is 4.79 Å². The Morgan fingerprint density at radius 2 is 2.00 bits per heavy atom. The van der Waals surface area contributed by atoms with Crippen LogP contribution < -0.4 is 14.8 Å². The van der Waals surface area contributed by atoms with Crippen molar-refractivity contribution < 1.29 is 27.5 Å². The number of carbonyl (C=O) groups excluding carboxylic acids is 1. The Labute approximate surface area is 159 Å². The second kappa shape index (κ2) is 8.64. The Morgan fingerprint density at radius 3 is 2.68 bits per heavy atom.